The average Bonchev–Trinajstić information content (AvgIpc) is 2.41. The lowest BCUT2D eigenvalue weighted by atomic mass is 10.1. The van der Waals surface area contributed by atoms with Crippen molar-refractivity contribution in [2.45, 2.75) is 26.3 Å². The Morgan fingerprint density at radius 3 is 2.52 bits per heavy atom. The summed E-state index contributed by atoms with van der Waals surface area (Å²) in [4.78, 5) is 16.4. The molecule has 21 heavy (non-hydrogen) atoms. The van der Waals surface area contributed by atoms with E-state index in [4.69, 9.17) is 0 Å². The third kappa shape index (κ3) is 3.51. The molecule has 0 bridgehead atoms. The van der Waals surface area contributed by atoms with Crippen molar-refractivity contribution in [1.29, 1.82) is 0 Å². The number of carbonyl (C=O) groups excluding carboxylic acids is 1. The van der Waals surface area contributed by atoms with Gasteiger partial charge in [-0.05, 0) is 37.6 Å². The Morgan fingerprint density at radius 1 is 1.24 bits per heavy atom. The molecule has 1 aromatic carbocycles. The number of phenolic OH excluding ortho intramolecular Hbond substituents is 2. The zero-order chi connectivity index (χ0) is 15.4. The van der Waals surface area contributed by atoms with Crippen LogP contribution in [0.15, 0.2) is 36.5 Å². The van der Waals surface area contributed by atoms with Crippen LogP contribution in [0.3, 0.4) is 0 Å². The third-order valence-corrected chi connectivity index (χ3v) is 3.24. The van der Waals surface area contributed by atoms with E-state index in [2.05, 4.69) is 10.3 Å². The van der Waals surface area contributed by atoms with Crippen molar-refractivity contribution in [1.82, 2.24) is 10.3 Å². The number of pyridine rings is 1. The van der Waals surface area contributed by atoms with Crippen LogP contribution in [0.25, 0.3) is 0 Å². The Hall–Kier alpha value is -2.56. The molecule has 0 unspecified atom stereocenters. The Morgan fingerprint density at radius 2 is 1.90 bits per heavy atom. The second-order valence-electron chi connectivity index (χ2n) is 5.02. The molecule has 1 aromatic heterocycles. The third-order valence-electron chi connectivity index (χ3n) is 3.24. The zero-order valence-corrected chi connectivity index (χ0v) is 12.0. The fourth-order valence-electron chi connectivity index (χ4n) is 2.13. The topological polar surface area (TPSA) is 82.5 Å². The first-order valence-corrected chi connectivity index (χ1v) is 6.71. The Bertz CT molecular complexity index is 635. The second-order valence-corrected chi connectivity index (χ2v) is 5.02. The van der Waals surface area contributed by atoms with Gasteiger partial charge in [0.05, 0.1) is 0 Å². The number of aromatic hydroxyl groups is 2. The summed E-state index contributed by atoms with van der Waals surface area (Å²) < 4.78 is 0. The molecule has 110 valence electrons. The average molecular weight is 286 g/mol. The molecule has 0 fully saturated rings. The molecule has 0 aliphatic carbocycles. The minimum atomic E-state index is -0.508. The monoisotopic (exact) mass is 286 g/mol. The first-order valence-electron chi connectivity index (χ1n) is 6.71. The van der Waals surface area contributed by atoms with Gasteiger partial charge in [0.15, 0.2) is 0 Å². The normalized spacial score (nSPS) is 11.9. The van der Waals surface area contributed by atoms with E-state index in [0.29, 0.717) is 6.42 Å². The van der Waals surface area contributed by atoms with Crippen LogP contribution in [-0.2, 0) is 6.42 Å². The van der Waals surface area contributed by atoms with Crippen LogP contribution >= 0.6 is 0 Å². The highest BCUT2D eigenvalue weighted by Crippen LogP contribution is 2.26. The van der Waals surface area contributed by atoms with Crippen molar-refractivity contribution in [2.75, 3.05) is 0 Å². The van der Waals surface area contributed by atoms with Crippen LogP contribution in [0.1, 0.15) is 28.5 Å². The van der Waals surface area contributed by atoms with Crippen LogP contribution in [-0.4, -0.2) is 27.1 Å². The predicted octanol–water partition coefficient (Wildman–Crippen LogP) is 2.16. The number of benzene rings is 1. The molecule has 0 aliphatic heterocycles. The minimum Gasteiger partial charge on any atom is -0.507 e. The van der Waals surface area contributed by atoms with Gasteiger partial charge in [0, 0.05) is 24.4 Å². The lowest BCUT2D eigenvalue weighted by molar-refractivity contribution is 0.0934. The van der Waals surface area contributed by atoms with Gasteiger partial charge in [-0.15, -0.1) is 0 Å². The maximum atomic E-state index is 12.1. The Labute approximate surface area is 123 Å². The van der Waals surface area contributed by atoms with E-state index in [1.807, 2.05) is 26.0 Å². The molecule has 1 amide bonds. The molecule has 0 radical (unpaired) electrons. The molecule has 2 aromatic rings. The predicted molar refractivity (Wildman–Crippen MR) is 79.4 cm³/mol. The van der Waals surface area contributed by atoms with Crippen LogP contribution in [0.5, 0.6) is 11.5 Å². The number of carbonyl (C=O) groups is 1. The number of hydrogen-bond acceptors (Lipinski definition) is 4. The van der Waals surface area contributed by atoms with Crippen molar-refractivity contribution >= 4 is 5.91 Å². The van der Waals surface area contributed by atoms with Crippen LogP contribution in [0, 0.1) is 6.92 Å². The van der Waals surface area contributed by atoms with E-state index in [-0.39, 0.29) is 23.1 Å². The molecule has 1 heterocycles. The number of rotatable bonds is 4. The van der Waals surface area contributed by atoms with E-state index in [9.17, 15) is 15.0 Å². The number of nitrogens with zero attached hydrogens (tertiary/aromatic N) is 1. The van der Waals surface area contributed by atoms with Crippen molar-refractivity contribution in [3.8, 4) is 11.5 Å². The highest BCUT2D eigenvalue weighted by molar-refractivity contribution is 5.99. The summed E-state index contributed by atoms with van der Waals surface area (Å²) in [5.41, 5.74) is 1.86. The van der Waals surface area contributed by atoms with Crippen LogP contribution in [0.2, 0.25) is 0 Å². The molecule has 0 saturated carbocycles. The first kappa shape index (κ1) is 14.8. The van der Waals surface area contributed by atoms with Gasteiger partial charge in [-0.1, -0.05) is 12.1 Å². The Kier molecular flexibility index (Phi) is 4.42. The lowest BCUT2D eigenvalue weighted by Crippen LogP contribution is -2.34. The molecule has 0 saturated heterocycles. The van der Waals surface area contributed by atoms with Crippen LogP contribution in [0.4, 0.5) is 0 Å². The minimum absolute atomic E-state index is 0.109. The summed E-state index contributed by atoms with van der Waals surface area (Å²) in [7, 11) is 0. The van der Waals surface area contributed by atoms with Gasteiger partial charge >= 0.3 is 0 Å². The Balaban J connectivity index is 2.08. The zero-order valence-electron chi connectivity index (χ0n) is 12.0. The molecule has 1 atom stereocenters. The highest BCUT2D eigenvalue weighted by Gasteiger charge is 2.18. The quantitative estimate of drug-likeness (QED) is 0.804. The fourth-order valence-corrected chi connectivity index (χ4v) is 2.13. The van der Waals surface area contributed by atoms with E-state index in [1.165, 1.54) is 18.2 Å². The van der Waals surface area contributed by atoms with Gasteiger partial charge in [-0.2, -0.15) is 0 Å². The number of amides is 1. The number of aryl methyl sites for hydroxylation is 1. The van der Waals surface area contributed by atoms with Gasteiger partial charge in [-0.25, -0.2) is 0 Å². The maximum absolute atomic E-state index is 12.1. The summed E-state index contributed by atoms with van der Waals surface area (Å²) in [5.74, 6) is -0.992. The highest BCUT2D eigenvalue weighted by atomic mass is 16.3. The fraction of sp³-hybridized carbons (Fsp3) is 0.250. The number of aromatic nitrogens is 1. The smallest absolute Gasteiger partial charge is 0.259 e. The van der Waals surface area contributed by atoms with Gasteiger partial charge in [-0.3, -0.25) is 9.78 Å². The van der Waals surface area contributed by atoms with Gasteiger partial charge in [0.2, 0.25) is 0 Å². The van der Waals surface area contributed by atoms with Gasteiger partial charge < -0.3 is 15.5 Å². The standard InChI is InChI=1S/C16H18N2O3/c1-10-5-4-8-17-12(10)9-11(2)18-16(21)15-13(19)6-3-7-14(15)20/h3-8,11,19-20H,9H2,1-2H3,(H,18,21)/t11-/m1/s1. The summed E-state index contributed by atoms with van der Waals surface area (Å²) in [6, 6.07) is 7.85. The second kappa shape index (κ2) is 6.26. The van der Waals surface area contributed by atoms with Crippen molar-refractivity contribution in [2.24, 2.45) is 0 Å². The molecule has 0 spiro atoms. The van der Waals surface area contributed by atoms with E-state index in [1.54, 1.807) is 6.20 Å². The van der Waals surface area contributed by atoms with Gasteiger partial charge in [0.25, 0.3) is 5.91 Å². The summed E-state index contributed by atoms with van der Waals surface area (Å²) in [6.45, 7) is 3.81. The molecular weight excluding hydrogens is 268 g/mol. The SMILES string of the molecule is Cc1cccnc1C[C@@H](C)NC(=O)c1c(O)cccc1O. The molecule has 2 rings (SSSR count). The molecule has 3 N–H and O–H groups in total. The van der Waals surface area contributed by atoms with Crippen molar-refractivity contribution in [3.63, 3.8) is 0 Å². The largest absolute Gasteiger partial charge is 0.507 e. The number of nitrogens with one attached hydrogen (secondary N) is 1. The van der Waals surface area contributed by atoms with Crippen molar-refractivity contribution < 1.29 is 15.0 Å². The summed E-state index contributed by atoms with van der Waals surface area (Å²) >= 11 is 0. The van der Waals surface area contributed by atoms with E-state index < -0.39 is 5.91 Å². The van der Waals surface area contributed by atoms with Crippen molar-refractivity contribution in [3.05, 3.63) is 53.3 Å². The summed E-state index contributed by atoms with van der Waals surface area (Å²) in [5, 5.41) is 22.1. The molecular formula is C16H18N2O3. The van der Waals surface area contributed by atoms with Crippen LogP contribution < -0.4 is 5.32 Å². The maximum Gasteiger partial charge on any atom is 0.259 e. The number of hydrogen-bond donors (Lipinski definition) is 3. The molecule has 5 nitrogen and oxygen atoms in total. The lowest BCUT2D eigenvalue weighted by Gasteiger charge is -2.15. The number of phenols is 2. The van der Waals surface area contributed by atoms with E-state index in [0.717, 1.165) is 11.3 Å². The van der Waals surface area contributed by atoms with E-state index >= 15 is 0 Å². The first-order chi connectivity index (χ1) is 9.99. The molecule has 0 aliphatic rings. The van der Waals surface area contributed by atoms with Gasteiger partial charge in [0.1, 0.15) is 17.1 Å². The molecule has 5 heteroatoms. The summed E-state index contributed by atoms with van der Waals surface area (Å²) in [6.07, 6.45) is 2.29.